The standard InChI is InChI=1S/C10H23NO2/c1-3-4-5-7-11-10(6-8-12)9-13-2/h10-12H,3-9H2,1-2H3. The van der Waals surface area contributed by atoms with Crippen LogP contribution < -0.4 is 5.32 Å². The van der Waals surface area contributed by atoms with Crippen molar-refractivity contribution in [3.63, 3.8) is 0 Å². The van der Waals surface area contributed by atoms with Gasteiger partial charge in [-0.05, 0) is 19.4 Å². The maximum atomic E-state index is 8.77. The molecule has 0 aromatic heterocycles. The fourth-order valence-electron chi connectivity index (χ4n) is 1.28. The van der Waals surface area contributed by atoms with Gasteiger partial charge in [-0.15, -0.1) is 0 Å². The average Bonchev–Trinajstić information content (AvgIpc) is 2.13. The van der Waals surface area contributed by atoms with E-state index < -0.39 is 0 Å². The van der Waals surface area contributed by atoms with E-state index in [9.17, 15) is 0 Å². The van der Waals surface area contributed by atoms with Gasteiger partial charge in [-0.2, -0.15) is 0 Å². The molecule has 0 fully saturated rings. The molecule has 0 spiro atoms. The molecule has 2 N–H and O–H groups in total. The summed E-state index contributed by atoms with van der Waals surface area (Å²) >= 11 is 0. The minimum Gasteiger partial charge on any atom is -0.396 e. The second-order valence-corrected chi connectivity index (χ2v) is 3.33. The number of unbranched alkanes of at least 4 members (excludes halogenated alkanes) is 2. The van der Waals surface area contributed by atoms with Crippen LogP contribution in [-0.2, 0) is 4.74 Å². The van der Waals surface area contributed by atoms with Gasteiger partial charge in [-0.25, -0.2) is 0 Å². The largest absolute Gasteiger partial charge is 0.396 e. The molecule has 0 saturated heterocycles. The minimum atomic E-state index is 0.231. The molecule has 0 aromatic carbocycles. The first kappa shape index (κ1) is 12.9. The van der Waals surface area contributed by atoms with Crippen molar-refractivity contribution in [2.45, 2.75) is 38.6 Å². The Morgan fingerprint density at radius 3 is 2.69 bits per heavy atom. The van der Waals surface area contributed by atoms with Crippen molar-refractivity contribution in [1.82, 2.24) is 5.32 Å². The van der Waals surface area contributed by atoms with E-state index in [-0.39, 0.29) is 6.61 Å². The van der Waals surface area contributed by atoms with Gasteiger partial charge in [0, 0.05) is 19.8 Å². The van der Waals surface area contributed by atoms with Crippen LogP contribution in [0.1, 0.15) is 32.6 Å². The summed E-state index contributed by atoms with van der Waals surface area (Å²) in [5, 5.41) is 12.1. The maximum absolute atomic E-state index is 8.77. The Labute approximate surface area is 81.5 Å². The van der Waals surface area contributed by atoms with E-state index in [1.807, 2.05) is 0 Å². The molecule has 0 rings (SSSR count). The summed E-state index contributed by atoms with van der Waals surface area (Å²) in [6.07, 6.45) is 4.50. The molecular weight excluding hydrogens is 166 g/mol. The maximum Gasteiger partial charge on any atom is 0.0616 e. The van der Waals surface area contributed by atoms with Crippen LogP contribution >= 0.6 is 0 Å². The van der Waals surface area contributed by atoms with Gasteiger partial charge in [0.15, 0.2) is 0 Å². The molecule has 1 atom stereocenters. The first-order valence-electron chi connectivity index (χ1n) is 5.18. The van der Waals surface area contributed by atoms with E-state index in [2.05, 4.69) is 12.2 Å². The number of nitrogens with one attached hydrogen (secondary N) is 1. The zero-order valence-electron chi connectivity index (χ0n) is 8.88. The highest BCUT2D eigenvalue weighted by Gasteiger charge is 2.05. The van der Waals surface area contributed by atoms with Crippen LogP contribution in [0, 0.1) is 0 Å². The smallest absolute Gasteiger partial charge is 0.0616 e. The van der Waals surface area contributed by atoms with Gasteiger partial charge < -0.3 is 15.2 Å². The number of hydrogen-bond acceptors (Lipinski definition) is 3. The van der Waals surface area contributed by atoms with Crippen LogP contribution in [0.2, 0.25) is 0 Å². The van der Waals surface area contributed by atoms with Crippen molar-refractivity contribution in [2.75, 3.05) is 26.9 Å². The summed E-state index contributed by atoms with van der Waals surface area (Å²) in [6, 6.07) is 0.312. The third kappa shape index (κ3) is 8.22. The summed E-state index contributed by atoms with van der Waals surface area (Å²) in [6.45, 7) is 4.14. The Kier molecular flexibility index (Phi) is 9.87. The third-order valence-electron chi connectivity index (χ3n) is 2.06. The summed E-state index contributed by atoms with van der Waals surface area (Å²) in [7, 11) is 1.69. The Morgan fingerprint density at radius 2 is 2.15 bits per heavy atom. The number of hydrogen-bond donors (Lipinski definition) is 2. The predicted octanol–water partition coefficient (Wildman–Crippen LogP) is 1.16. The van der Waals surface area contributed by atoms with Crippen LogP contribution in [0.15, 0.2) is 0 Å². The molecule has 0 radical (unpaired) electrons. The van der Waals surface area contributed by atoms with Gasteiger partial charge in [-0.1, -0.05) is 19.8 Å². The van der Waals surface area contributed by atoms with E-state index in [4.69, 9.17) is 9.84 Å². The lowest BCUT2D eigenvalue weighted by atomic mass is 10.2. The van der Waals surface area contributed by atoms with Crippen LogP contribution in [0.25, 0.3) is 0 Å². The minimum absolute atomic E-state index is 0.231. The lowest BCUT2D eigenvalue weighted by Crippen LogP contribution is -2.34. The number of rotatable bonds is 9. The molecule has 0 bridgehead atoms. The fourth-order valence-corrected chi connectivity index (χ4v) is 1.28. The van der Waals surface area contributed by atoms with Gasteiger partial charge in [0.05, 0.1) is 6.61 Å². The van der Waals surface area contributed by atoms with Crippen LogP contribution in [0.4, 0.5) is 0 Å². The van der Waals surface area contributed by atoms with Gasteiger partial charge in [-0.3, -0.25) is 0 Å². The summed E-state index contributed by atoms with van der Waals surface area (Å²) in [5.41, 5.74) is 0. The molecular formula is C10H23NO2. The highest BCUT2D eigenvalue weighted by Crippen LogP contribution is 1.95. The number of methoxy groups -OCH3 is 1. The van der Waals surface area contributed by atoms with E-state index in [1.54, 1.807) is 7.11 Å². The molecule has 0 aliphatic heterocycles. The lowest BCUT2D eigenvalue weighted by Gasteiger charge is -2.16. The molecule has 3 nitrogen and oxygen atoms in total. The topological polar surface area (TPSA) is 41.5 Å². The number of aliphatic hydroxyl groups excluding tert-OH is 1. The number of ether oxygens (including phenoxy) is 1. The second kappa shape index (κ2) is 9.96. The van der Waals surface area contributed by atoms with Gasteiger partial charge >= 0.3 is 0 Å². The predicted molar refractivity (Wildman–Crippen MR) is 54.9 cm³/mol. The zero-order chi connectivity index (χ0) is 9.94. The number of aliphatic hydroxyl groups is 1. The summed E-state index contributed by atoms with van der Waals surface area (Å²) < 4.78 is 5.04. The summed E-state index contributed by atoms with van der Waals surface area (Å²) in [4.78, 5) is 0. The SMILES string of the molecule is CCCCCNC(CCO)COC. The van der Waals surface area contributed by atoms with Crippen molar-refractivity contribution in [3.8, 4) is 0 Å². The molecule has 1 unspecified atom stereocenters. The lowest BCUT2D eigenvalue weighted by molar-refractivity contribution is 0.148. The van der Waals surface area contributed by atoms with Crippen LogP contribution in [0.3, 0.4) is 0 Å². The Hall–Kier alpha value is -0.120. The monoisotopic (exact) mass is 189 g/mol. The van der Waals surface area contributed by atoms with Crippen molar-refractivity contribution < 1.29 is 9.84 Å². The normalized spacial score (nSPS) is 13.2. The Balaban J connectivity index is 3.33. The molecule has 0 aromatic rings. The van der Waals surface area contributed by atoms with Gasteiger partial charge in [0.1, 0.15) is 0 Å². The van der Waals surface area contributed by atoms with Gasteiger partial charge in [0.2, 0.25) is 0 Å². The van der Waals surface area contributed by atoms with Crippen molar-refractivity contribution in [1.29, 1.82) is 0 Å². The quantitative estimate of drug-likeness (QED) is 0.535. The van der Waals surface area contributed by atoms with Gasteiger partial charge in [0.25, 0.3) is 0 Å². The van der Waals surface area contributed by atoms with Crippen molar-refractivity contribution >= 4 is 0 Å². The second-order valence-electron chi connectivity index (χ2n) is 3.33. The molecule has 80 valence electrons. The molecule has 0 saturated carbocycles. The van der Waals surface area contributed by atoms with E-state index in [0.29, 0.717) is 12.6 Å². The first-order valence-corrected chi connectivity index (χ1v) is 5.18. The van der Waals surface area contributed by atoms with Crippen molar-refractivity contribution in [3.05, 3.63) is 0 Å². The molecule has 13 heavy (non-hydrogen) atoms. The fraction of sp³-hybridized carbons (Fsp3) is 1.00. The molecule has 0 amide bonds. The third-order valence-corrected chi connectivity index (χ3v) is 2.06. The Morgan fingerprint density at radius 1 is 1.38 bits per heavy atom. The van der Waals surface area contributed by atoms with E-state index in [1.165, 1.54) is 19.3 Å². The highest BCUT2D eigenvalue weighted by molar-refractivity contribution is 4.65. The van der Waals surface area contributed by atoms with Crippen LogP contribution in [0.5, 0.6) is 0 Å². The summed E-state index contributed by atoms with van der Waals surface area (Å²) in [5.74, 6) is 0. The highest BCUT2D eigenvalue weighted by atomic mass is 16.5. The average molecular weight is 189 g/mol. The van der Waals surface area contributed by atoms with Crippen LogP contribution in [-0.4, -0.2) is 38.0 Å². The first-order chi connectivity index (χ1) is 6.35. The zero-order valence-corrected chi connectivity index (χ0v) is 8.88. The molecule has 3 heteroatoms. The van der Waals surface area contributed by atoms with Crippen molar-refractivity contribution in [2.24, 2.45) is 0 Å². The molecule has 0 aliphatic carbocycles. The van der Waals surface area contributed by atoms with E-state index >= 15 is 0 Å². The Bertz CT molecular complexity index is 92.9. The van der Waals surface area contributed by atoms with E-state index in [0.717, 1.165) is 13.0 Å². The molecule has 0 aliphatic rings. The molecule has 0 heterocycles.